The molecule has 1 aromatic carbocycles. The Morgan fingerprint density at radius 1 is 1.00 bits per heavy atom. The van der Waals surface area contributed by atoms with Crippen LogP contribution in [0, 0.1) is 13.8 Å². The molecule has 1 amide bonds. The van der Waals surface area contributed by atoms with E-state index in [9.17, 15) is 4.79 Å². The summed E-state index contributed by atoms with van der Waals surface area (Å²) in [4.78, 5) is 21.0. The largest absolute Gasteiger partial charge is 0.345 e. The lowest BCUT2D eigenvalue weighted by Gasteiger charge is -2.20. The summed E-state index contributed by atoms with van der Waals surface area (Å²) in [5, 5.41) is 3.13. The Bertz CT molecular complexity index is 848. The van der Waals surface area contributed by atoms with Crippen LogP contribution in [0.15, 0.2) is 67.1 Å². The standard InChI is InChI=1S/C21H21N3O/c1-15-8-9-17(12-16(15)2)21(18-6-5-10-22-14-18)24-20(25)13-19-7-3-4-11-23-19/h3-12,14,21H,13H2,1-2H3,(H,24,25)/t21-/m0/s1. The second kappa shape index (κ2) is 7.71. The fourth-order valence-corrected chi connectivity index (χ4v) is 2.73. The van der Waals surface area contributed by atoms with Crippen LogP contribution in [0.4, 0.5) is 0 Å². The molecule has 1 N–H and O–H groups in total. The minimum Gasteiger partial charge on any atom is -0.345 e. The van der Waals surface area contributed by atoms with Crippen molar-refractivity contribution in [2.75, 3.05) is 0 Å². The summed E-state index contributed by atoms with van der Waals surface area (Å²) in [6.45, 7) is 4.16. The Morgan fingerprint density at radius 3 is 2.56 bits per heavy atom. The fraction of sp³-hybridized carbons (Fsp3) is 0.190. The topological polar surface area (TPSA) is 54.9 Å². The van der Waals surface area contributed by atoms with Crippen LogP contribution < -0.4 is 5.32 Å². The van der Waals surface area contributed by atoms with Crippen molar-refractivity contribution in [3.63, 3.8) is 0 Å². The van der Waals surface area contributed by atoms with Gasteiger partial charge >= 0.3 is 0 Å². The third kappa shape index (κ3) is 4.29. The highest BCUT2D eigenvalue weighted by Crippen LogP contribution is 2.23. The van der Waals surface area contributed by atoms with E-state index in [1.807, 2.05) is 30.3 Å². The first kappa shape index (κ1) is 16.8. The van der Waals surface area contributed by atoms with Crippen LogP contribution in [-0.2, 0) is 11.2 Å². The van der Waals surface area contributed by atoms with Crippen LogP contribution in [0.5, 0.6) is 0 Å². The van der Waals surface area contributed by atoms with E-state index >= 15 is 0 Å². The molecule has 0 unspecified atom stereocenters. The Hall–Kier alpha value is -3.01. The number of benzene rings is 1. The third-order valence-corrected chi connectivity index (χ3v) is 4.26. The monoisotopic (exact) mass is 331 g/mol. The van der Waals surface area contributed by atoms with Crippen LogP contribution in [0.1, 0.15) is 34.0 Å². The van der Waals surface area contributed by atoms with Gasteiger partial charge in [0.15, 0.2) is 0 Å². The van der Waals surface area contributed by atoms with Crippen molar-refractivity contribution in [3.8, 4) is 0 Å². The zero-order chi connectivity index (χ0) is 17.6. The highest BCUT2D eigenvalue weighted by molar-refractivity contribution is 5.79. The van der Waals surface area contributed by atoms with E-state index in [2.05, 4.69) is 47.3 Å². The molecule has 0 radical (unpaired) electrons. The Morgan fingerprint density at radius 2 is 1.88 bits per heavy atom. The maximum atomic E-state index is 12.5. The van der Waals surface area contributed by atoms with Gasteiger partial charge in [0.1, 0.15) is 0 Å². The van der Waals surface area contributed by atoms with Crippen LogP contribution in [0.3, 0.4) is 0 Å². The van der Waals surface area contributed by atoms with Crippen LogP contribution >= 0.6 is 0 Å². The number of carbonyl (C=O) groups is 1. The van der Waals surface area contributed by atoms with E-state index in [0.29, 0.717) is 0 Å². The average Bonchev–Trinajstić information content (AvgIpc) is 2.64. The highest BCUT2D eigenvalue weighted by Gasteiger charge is 2.18. The van der Waals surface area contributed by atoms with E-state index in [0.717, 1.165) is 16.8 Å². The molecular formula is C21H21N3O. The molecule has 0 saturated heterocycles. The second-order valence-corrected chi connectivity index (χ2v) is 6.13. The van der Waals surface area contributed by atoms with Crippen LogP contribution in [0.2, 0.25) is 0 Å². The Kier molecular flexibility index (Phi) is 5.19. The Balaban J connectivity index is 1.86. The van der Waals surface area contributed by atoms with E-state index in [4.69, 9.17) is 0 Å². The zero-order valence-electron chi connectivity index (χ0n) is 14.4. The summed E-state index contributed by atoms with van der Waals surface area (Å²) in [5.74, 6) is -0.0641. The van der Waals surface area contributed by atoms with Gasteiger partial charge in [0.2, 0.25) is 5.91 Å². The van der Waals surface area contributed by atoms with Gasteiger partial charge in [0.05, 0.1) is 12.5 Å². The summed E-state index contributed by atoms with van der Waals surface area (Å²) >= 11 is 0. The van der Waals surface area contributed by atoms with E-state index in [-0.39, 0.29) is 18.4 Å². The van der Waals surface area contributed by atoms with Crippen molar-refractivity contribution >= 4 is 5.91 Å². The van der Waals surface area contributed by atoms with Crippen LogP contribution in [-0.4, -0.2) is 15.9 Å². The first-order valence-electron chi connectivity index (χ1n) is 8.30. The third-order valence-electron chi connectivity index (χ3n) is 4.26. The molecule has 0 saturated carbocycles. The maximum absolute atomic E-state index is 12.5. The summed E-state index contributed by atoms with van der Waals surface area (Å²) in [6.07, 6.45) is 5.48. The lowest BCUT2D eigenvalue weighted by atomic mass is 9.96. The molecule has 3 rings (SSSR count). The average molecular weight is 331 g/mol. The number of hydrogen-bond acceptors (Lipinski definition) is 3. The second-order valence-electron chi connectivity index (χ2n) is 6.13. The zero-order valence-corrected chi connectivity index (χ0v) is 14.4. The molecule has 0 fully saturated rings. The number of carbonyl (C=O) groups excluding carboxylic acids is 1. The molecular weight excluding hydrogens is 310 g/mol. The molecule has 2 heterocycles. The summed E-state index contributed by atoms with van der Waals surface area (Å²) in [6, 6.07) is 15.5. The van der Waals surface area contributed by atoms with Crippen molar-refractivity contribution in [1.82, 2.24) is 15.3 Å². The van der Waals surface area contributed by atoms with Gasteiger partial charge in [-0.3, -0.25) is 14.8 Å². The normalized spacial score (nSPS) is 11.8. The number of rotatable bonds is 5. The molecule has 0 aliphatic carbocycles. The maximum Gasteiger partial charge on any atom is 0.226 e. The first-order chi connectivity index (χ1) is 12.1. The molecule has 3 aromatic rings. The minimum atomic E-state index is -0.232. The predicted molar refractivity (Wildman–Crippen MR) is 98.1 cm³/mol. The molecule has 0 aliphatic heterocycles. The van der Waals surface area contributed by atoms with Gasteiger partial charge in [-0.15, -0.1) is 0 Å². The van der Waals surface area contributed by atoms with Gasteiger partial charge in [-0.05, 0) is 54.3 Å². The molecule has 0 bridgehead atoms. The number of pyridine rings is 2. The van der Waals surface area contributed by atoms with Crippen LogP contribution in [0.25, 0.3) is 0 Å². The van der Waals surface area contributed by atoms with Crippen molar-refractivity contribution < 1.29 is 4.79 Å². The molecule has 25 heavy (non-hydrogen) atoms. The number of nitrogens with one attached hydrogen (secondary N) is 1. The highest BCUT2D eigenvalue weighted by atomic mass is 16.1. The summed E-state index contributed by atoms with van der Waals surface area (Å²) in [5.41, 5.74) is 5.19. The van der Waals surface area contributed by atoms with Gasteiger partial charge in [-0.1, -0.05) is 30.3 Å². The molecule has 1 atom stereocenters. The van der Waals surface area contributed by atoms with Gasteiger partial charge in [0.25, 0.3) is 0 Å². The van der Waals surface area contributed by atoms with Crippen molar-refractivity contribution in [2.45, 2.75) is 26.3 Å². The Labute approximate surface area is 148 Å². The number of hydrogen-bond donors (Lipinski definition) is 1. The van der Waals surface area contributed by atoms with Crippen molar-refractivity contribution in [1.29, 1.82) is 0 Å². The smallest absolute Gasteiger partial charge is 0.226 e. The van der Waals surface area contributed by atoms with Gasteiger partial charge in [-0.2, -0.15) is 0 Å². The van der Waals surface area contributed by atoms with Gasteiger partial charge in [0, 0.05) is 24.3 Å². The lowest BCUT2D eigenvalue weighted by molar-refractivity contribution is -0.121. The SMILES string of the molecule is Cc1ccc([C@H](NC(=O)Cc2ccccn2)c2cccnc2)cc1C. The number of aryl methyl sites for hydroxylation is 2. The molecule has 4 heteroatoms. The predicted octanol–water partition coefficient (Wildman–Crippen LogP) is 3.54. The number of amides is 1. The van der Waals surface area contributed by atoms with E-state index in [1.54, 1.807) is 18.6 Å². The molecule has 0 aliphatic rings. The molecule has 0 spiro atoms. The lowest BCUT2D eigenvalue weighted by Crippen LogP contribution is -2.31. The number of aromatic nitrogens is 2. The van der Waals surface area contributed by atoms with E-state index < -0.39 is 0 Å². The van der Waals surface area contributed by atoms with E-state index in [1.165, 1.54) is 11.1 Å². The molecule has 4 nitrogen and oxygen atoms in total. The van der Waals surface area contributed by atoms with Crippen molar-refractivity contribution in [3.05, 3.63) is 95.1 Å². The van der Waals surface area contributed by atoms with Gasteiger partial charge < -0.3 is 5.32 Å². The minimum absolute atomic E-state index is 0.0641. The number of nitrogens with zero attached hydrogens (tertiary/aromatic N) is 2. The van der Waals surface area contributed by atoms with Gasteiger partial charge in [-0.25, -0.2) is 0 Å². The molecule has 126 valence electrons. The molecule has 2 aromatic heterocycles. The van der Waals surface area contributed by atoms with Crippen molar-refractivity contribution in [2.24, 2.45) is 0 Å². The summed E-state index contributed by atoms with van der Waals surface area (Å²) in [7, 11) is 0. The fourth-order valence-electron chi connectivity index (χ4n) is 2.73. The quantitative estimate of drug-likeness (QED) is 0.778. The summed E-state index contributed by atoms with van der Waals surface area (Å²) < 4.78 is 0. The first-order valence-corrected chi connectivity index (χ1v) is 8.30.